The van der Waals surface area contributed by atoms with Crippen molar-refractivity contribution in [1.29, 1.82) is 0 Å². The zero-order valence-electron chi connectivity index (χ0n) is 19.5. The van der Waals surface area contributed by atoms with Crippen LogP contribution in [0, 0.1) is 0 Å². The van der Waals surface area contributed by atoms with E-state index in [9.17, 15) is 10.2 Å². The Morgan fingerprint density at radius 2 is 1.15 bits per heavy atom. The molecule has 0 aliphatic heterocycles. The molecule has 0 unspecified atom stereocenters. The Morgan fingerprint density at radius 3 is 1.59 bits per heavy atom. The molecule has 6 atom stereocenters. The van der Waals surface area contributed by atoms with Crippen LogP contribution in [0.4, 0.5) is 0 Å². The molecule has 1 fully saturated rings. The summed E-state index contributed by atoms with van der Waals surface area (Å²) in [6.45, 7) is 8.25. The van der Waals surface area contributed by atoms with Gasteiger partial charge in [-0.1, -0.05) is 54.6 Å². The summed E-state index contributed by atoms with van der Waals surface area (Å²) in [7, 11) is 1.61. The summed E-state index contributed by atoms with van der Waals surface area (Å²) in [5.41, 5.74) is 1.87. The van der Waals surface area contributed by atoms with Crippen molar-refractivity contribution in [2.24, 2.45) is 0 Å². The molecule has 7 nitrogen and oxygen atoms in total. The normalized spacial score (nSPS) is 26.7. The SMILES string of the molecule is C=CCO[C@@H]1[C@H](O)[C@H](O)[C@@H](OCC=C)[C@H](OCc2ccccc2)[C@H]1OCc1ccc(OC)cc1. The zero-order valence-corrected chi connectivity index (χ0v) is 19.5. The van der Waals surface area contributed by atoms with Gasteiger partial charge in [0.05, 0.1) is 33.5 Å². The van der Waals surface area contributed by atoms with E-state index >= 15 is 0 Å². The summed E-state index contributed by atoms with van der Waals surface area (Å²) in [5.74, 6) is 0.745. The Morgan fingerprint density at radius 1 is 0.676 bits per heavy atom. The lowest BCUT2D eigenvalue weighted by atomic mass is 9.84. The minimum Gasteiger partial charge on any atom is -0.497 e. The Hall–Kier alpha value is -2.52. The van der Waals surface area contributed by atoms with Crippen LogP contribution >= 0.6 is 0 Å². The van der Waals surface area contributed by atoms with Crippen molar-refractivity contribution in [3.05, 3.63) is 91.0 Å². The van der Waals surface area contributed by atoms with Crippen LogP contribution < -0.4 is 4.74 Å². The Labute approximate surface area is 201 Å². The smallest absolute Gasteiger partial charge is 0.118 e. The van der Waals surface area contributed by atoms with Crippen LogP contribution in [0.25, 0.3) is 0 Å². The van der Waals surface area contributed by atoms with Crippen molar-refractivity contribution in [2.45, 2.75) is 49.8 Å². The third kappa shape index (κ3) is 6.76. The predicted molar refractivity (Wildman–Crippen MR) is 128 cm³/mol. The number of ether oxygens (including phenoxy) is 5. The van der Waals surface area contributed by atoms with Crippen molar-refractivity contribution in [3.8, 4) is 5.75 Å². The first-order chi connectivity index (χ1) is 16.6. The van der Waals surface area contributed by atoms with E-state index in [1.165, 1.54) is 0 Å². The van der Waals surface area contributed by atoms with Gasteiger partial charge < -0.3 is 33.9 Å². The van der Waals surface area contributed by atoms with Crippen LogP contribution in [0.15, 0.2) is 79.9 Å². The summed E-state index contributed by atoms with van der Waals surface area (Å²) in [6, 6.07) is 17.2. The molecule has 7 heteroatoms. The minimum atomic E-state index is -1.24. The number of rotatable bonds is 13. The molecule has 2 aromatic carbocycles. The highest BCUT2D eigenvalue weighted by molar-refractivity contribution is 5.26. The third-order valence-electron chi connectivity index (χ3n) is 5.69. The van der Waals surface area contributed by atoms with E-state index < -0.39 is 36.6 Å². The number of aliphatic hydroxyl groups excluding tert-OH is 2. The fraction of sp³-hybridized carbons (Fsp3) is 0.407. The van der Waals surface area contributed by atoms with Crippen molar-refractivity contribution in [3.63, 3.8) is 0 Å². The molecule has 1 saturated carbocycles. The Bertz CT molecular complexity index is 870. The molecule has 0 aromatic heterocycles. The number of hydrogen-bond donors (Lipinski definition) is 2. The second-order valence-corrected chi connectivity index (χ2v) is 8.04. The van der Waals surface area contributed by atoms with Gasteiger partial charge in [-0.05, 0) is 23.3 Å². The standard InChI is InChI=1S/C27H34O7/c1-4-15-31-24-22(28)23(29)25(32-16-5-2)27(26(24)33-17-19-9-7-6-8-10-19)34-18-20-11-13-21(30-3)14-12-20/h4-14,22-29H,1-2,15-18H2,3H3/t22-,23+,24+,25+,26-,27-/m0/s1. The van der Waals surface area contributed by atoms with Gasteiger partial charge in [-0.25, -0.2) is 0 Å². The van der Waals surface area contributed by atoms with Gasteiger partial charge in [0, 0.05) is 0 Å². The molecule has 1 aliphatic rings. The number of aliphatic hydroxyl groups is 2. The molecule has 34 heavy (non-hydrogen) atoms. The highest BCUT2D eigenvalue weighted by Gasteiger charge is 2.52. The largest absolute Gasteiger partial charge is 0.497 e. The predicted octanol–water partition coefficient (Wildman–Crippen LogP) is 3.04. The van der Waals surface area contributed by atoms with Crippen LogP contribution in [0.5, 0.6) is 5.75 Å². The van der Waals surface area contributed by atoms with E-state index in [1.807, 2.05) is 54.6 Å². The molecule has 0 heterocycles. The summed E-state index contributed by atoms with van der Waals surface area (Å²) in [4.78, 5) is 0. The van der Waals surface area contributed by atoms with Gasteiger partial charge in [0.2, 0.25) is 0 Å². The van der Waals surface area contributed by atoms with Crippen molar-refractivity contribution >= 4 is 0 Å². The molecule has 0 radical (unpaired) electrons. The van der Waals surface area contributed by atoms with Gasteiger partial charge >= 0.3 is 0 Å². The van der Waals surface area contributed by atoms with Gasteiger partial charge in [0.25, 0.3) is 0 Å². The van der Waals surface area contributed by atoms with Gasteiger partial charge in [-0.3, -0.25) is 0 Å². The molecular weight excluding hydrogens is 436 g/mol. The topological polar surface area (TPSA) is 86.6 Å². The number of methoxy groups -OCH3 is 1. The number of benzene rings is 2. The maximum Gasteiger partial charge on any atom is 0.118 e. The first-order valence-corrected chi connectivity index (χ1v) is 11.3. The Kier molecular flexibility index (Phi) is 10.3. The highest BCUT2D eigenvalue weighted by Crippen LogP contribution is 2.32. The summed E-state index contributed by atoms with van der Waals surface area (Å²) >= 11 is 0. The highest BCUT2D eigenvalue weighted by atomic mass is 16.6. The van der Waals surface area contributed by atoms with E-state index in [1.54, 1.807) is 19.3 Å². The number of hydrogen-bond acceptors (Lipinski definition) is 7. The Balaban J connectivity index is 1.86. The first-order valence-electron chi connectivity index (χ1n) is 11.3. The summed E-state index contributed by atoms with van der Waals surface area (Å²) in [5, 5.41) is 21.8. The molecule has 0 amide bonds. The molecule has 1 aliphatic carbocycles. The fourth-order valence-corrected chi connectivity index (χ4v) is 3.96. The van der Waals surface area contributed by atoms with Crippen LogP contribution in [0.2, 0.25) is 0 Å². The van der Waals surface area contributed by atoms with Gasteiger partial charge in [-0.15, -0.1) is 13.2 Å². The molecule has 2 N–H and O–H groups in total. The lowest BCUT2D eigenvalue weighted by Crippen LogP contribution is -2.66. The van der Waals surface area contributed by atoms with Crippen LogP contribution in [-0.2, 0) is 32.2 Å². The third-order valence-corrected chi connectivity index (χ3v) is 5.69. The quantitative estimate of drug-likeness (QED) is 0.435. The lowest BCUT2D eigenvalue weighted by Gasteiger charge is -2.46. The lowest BCUT2D eigenvalue weighted by molar-refractivity contribution is -0.266. The van der Waals surface area contributed by atoms with Gasteiger partial charge in [-0.2, -0.15) is 0 Å². The van der Waals surface area contributed by atoms with Gasteiger partial charge in [0.15, 0.2) is 0 Å². The monoisotopic (exact) mass is 470 g/mol. The average Bonchev–Trinajstić information content (AvgIpc) is 2.88. The van der Waals surface area contributed by atoms with Crippen LogP contribution in [0.1, 0.15) is 11.1 Å². The van der Waals surface area contributed by atoms with Crippen LogP contribution in [0.3, 0.4) is 0 Å². The van der Waals surface area contributed by atoms with Crippen LogP contribution in [-0.4, -0.2) is 67.2 Å². The van der Waals surface area contributed by atoms with Gasteiger partial charge in [0.1, 0.15) is 42.4 Å². The van der Waals surface area contributed by atoms with Crippen molar-refractivity contribution in [1.82, 2.24) is 0 Å². The van der Waals surface area contributed by atoms with E-state index in [0.717, 1.165) is 16.9 Å². The molecule has 0 bridgehead atoms. The maximum atomic E-state index is 10.9. The molecular formula is C27H34O7. The zero-order chi connectivity index (χ0) is 24.3. The van der Waals surface area contributed by atoms with E-state index in [2.05, 4.69) is 13.2 Å². The summed E-state index contributed by atoms with van der Waals surface area (Å²) < 4.78 is 29.5. The molecule has 2 aromatic rings. The fourth-order valence-electron chi connectivity index (χ4n) is 3.96. The minimum absolute atomic E-state index is 0.181. The molecule has 3 rings (SSSR count). The van der Waals surface area contributed by atoms with Crippen molar-refractivity contribution < 1.29 is 33.9 Å². The van der Waals surface area contributed by atoms with E-state index in [-0.39, 0.29) is 26.4 Å². The average molecular weight is 471 g/mol. The van der Waals surface area contributed by atoms with E-state index in [4.69, 9.17) is 23.7 Å². The van der Waals surface area contributed by atoms with Crippen molar-refractivity contribution in [2.75, 3.05) is 20.3 Å². The maximum absolute atomic E-state index is 10.9. The first kappa shape index (κ1) is 26.1. The van der Waals surface area contributed by atoms with E-state index in [0.29, 0.717) is 0 Å². The second-order valence-electron chi connectivity index (χ2n) is 8.04. The second kappa shape index (κ2) is 13.4. The molecule has 184 valence electrons. The molecule has 0 spiro atoms. The molecule has 0 saturated heterocycles. The summed E-state index contributed by atoms with van der Waals surface area (Å²) in [6.07, 6.45) is -2.45.